The summed E-state index contributed by atoms with van der Waals surface area (Å²) in [5.41, 5.74) is 0.677. The molecule has 7 heteroatoms. The van der Waals surface area contributed by atoms with Crippen LogP contribution in [0.3, 0.4) is 0 Å². The Morgan fingerprint density at radius 1 is 0.915 bits per heavy atom. The number of hydrogen-bond donors (Lipinski definition) is 3. The van der Waals surface area contributed by atoms with E-state index in [0.29, 0.717) is 24.8 Å². The molecule has 0 aromatic heterocycles. The maximum Gasteiger partial charge on any atom is 0.309 e. The molecular formula is C40H65NO6. The highest BCUT2D eigenvalue weighted by molar-refractivity contribution is 6.00. The third kappa shape index (κ3) is 5.47. The molecule has 9 atom stereocenters. The highest BCUT2D eigenvalue weighted by Gasteiger charge is 2.70. The van der Waals surface area contributed by atoms with Crippen molar-refractivity contribution in [3.05, 3.63) is 11.1 Å². The van der Waals surface area contributed by atoms with E-state index in [9.17, 15) is 24.6 Å². The number of carboxylic acid groups (broad SMARTS) is 1. The zero-order chi connectivity index (χ0) is 35.1. The number of fused-ring (bicyclic) bond motifs is 7. The monoisotopic (exact) mass is 655 g/mol. The van der Waals surface area contributed by atoms with Gasteiger partial charge in [0.1, 0.15) is 6.10 Å². The fraction of sp³-hybridized carbons (Fsp3) is 0.875. The van der Waals surface area contributed by atoms with Gasteiger partial charge in [-0.2, -0.15) is 0 Å². The number of hydrogen-bond acceptors (Lipinski definition) is 6. The van der Waals surface area contributed by atoms with Crippen molar-refractivity contribution in [1.82, 2.24) is 5.32 Å². The first-order valence-corrected chi connectivity index (χ1v) is 18.7. The maximum atomic E-state index is 13.8. The van der Waals surface area contributed by atoms with E-state index < -0.39 is 28.9 Å². The summed E-state index contributed by atoms with van der Waals surface area (Å²) in [4.78, 5) is 38.6. The lowest BCUT2D eigenvalue weighted by Gasteiger charge is -2.72. The number of carbonyl (C=O) groups excluding carboxylic acids is 2. The van der Waals surface area contributed by atoms with Crippen molar-refractivity contribution in [1.29, 1.82) is 0 Å². The van der Waals surface area contributed by atoms with E-state index in [-0.39, 0.29) is 57.8 Å². The zero-order valence-corrected chi connectivity index (χ0v) is 31.3. The normalized spacial score (nSPS) is 40.4. The SMILES string of the molecule is CC(C)NCC(O)C12CC[C@]3(C)[C@H](CC[C@@H]4[C@@]5(C)CC[C@H](OC(=O)CC(C)(C)C(=O)O)C(C)(C)[C@@H]5CC[C@]43C)C1=C(C(C)C)C(=O)C2. The molecule has 4 fully saturated rings. The predicted molar refractivity (Wildman–Crippen MR) is 184 cm³/mol. The van der Waals surface area contributed by atoms with Crippen LogP contribution in [0.2, 0.25) is 0 Å². The molecule has 5 aliphatic carbocycles. The number of aliphatic hydroxyl groups is 1. The highest BCUT2D eigenvalue weighted by Crippen LogP contribution is 2.77. The molecule has 0 aromatic carbocycles. The second kappa shape index (κ2) is 12.0. The van der Waals surface area contributed by atoms with Crippen molar-refractivity contribution in [3.8, 4) is 0 Å². The Balaban J connectivity index is 1.45. The number of aliphatic hydroxyl groups excluding tert-OH is 1. The molecule has 0 spiro atoms. The number of esters is 1. The Morgan fingerprint density at radius 3 is 2.17 bits per heavy atom. The van der Waals surface area contributed by atoms with Gasteiger partial charge in [0.05, 0.1) is 17.9 Å². The van der Waals surface area contributed by atoms with Crippen molar-refractivity contribution < 1.29 is 29.3 Å². The minimum Gasteiger partial charge on any atom is -0.481 e. The van der Waals surface area contributed by atoms with Crippen LogP contribution in [0.1, 0.15) is 140 Å². The minimum absolute atomic E-state index is 0.0224. The Kier molecular flexibility index (Phi) is 9.30. The first-order chi connectivity index (χ1) is 21.6. The van der Waals surface area contributed by atoms with Crippen LogP contribution in [-0.4, -0.2) is 52.7 Å². The molecule has 4 saturated carbocycles. The smallest absolute Gasteiger partial charge is 0.309 e. The van der Waals surface area contributed by atoms with Gasteiger partial charge in [-0.15, -0.1) is 0 Å². The van der Waals surface area contributed by atoms with Gasteiger partial charge in [0.2, 0.25) is 0 Å². The second-order valence-corrected chi connectivity index (χ2v) is 19.1. The lowest BCUT2D eigenvalue weighted by Crippen LogP contribution is -2.66. The Labute approximate surface area is 284 Å². The van der Waals surface area contributed by atoms with Crippen molar-refractivity contribution in [2.24, 2.45) is 56.2 Å². The molecule has 5 aliphatic rings. The van der Waals surface area contributed by atoms with E-state index in [4.69, 9.17) is 4.74 Å². The third-order valence-corrected chi connectivity index (χ3v) is 15.2. The molecule has 5 rings (SSSR count). The van der Waals surface area contributed by atoms with Crippen molar-refractivity contribution in [3.63, 3.8) is 0 Å². The summed E-state index contributed by atoms with van der Waals surface area (Å²) < 4.78 is 6.14. The molecular weight excluding hydrogens is 590 g/mol. The van der Waals surface area contributed by atoms with Crippen LogP contribution in [0.25, 0.3) is 0 Å². The van der Waals surface area contributed by atoms with Crippen LogP contribution < -0.4 is 5.32 Å². The summed E-state index contributed by atoms with van der Waals surface area (Å²) in [5.74, 6) is 0.190. The lowest BCUT2D eigenvalue weighted by molar-refractivity contribution is -0.235. The number of carboxylic acids is 1. The summed E-state index contributed by atoms with van der Waals surface area (Å²) in [6.45, 7) is 24.4. The van der Waals surface area contributed by atoms with Crippen molar-refractivity contribution >= 4 is 17.7 Å². The van der Waals surface area contributed by atoms with Gasteiger partial charge in [0.15, 0.2) is 5.78 Å². The molecule has 0 radical (unpaired) electrons. The Bertz CT molecular complexity index is 1310. The summed E-state index contributed by atoms with van der Waals surface area (Å²) >= 11 is 0. The van der Waals surface area contributed by atoms with E-state index in [2.05, 4.69) is 67.6 Å². The Morgan fingerprint density at radius 2 is 1.57 bits per heavy atom. The average molecular weight is 656 g/mol. The standard InChI is InChI=1S/C40H65NO6/c1-23(2)32-26(42)20-40(29(43)22-41-24(3)4)19-18-38(10)25(33(32)40)12-13-28-37(9)16-15-30(47-31(44)21-35(5,6)34(45)46)36(7,8)27(37)14-17-39(28,38)11/h23-25,27-30,41,43H,12-22H2,1-11H3,(H,45,46)/t25-,27+,28-,29?,30+,37+,38-,39-,40?/m1/s1. The summed E-state index contributed by atoms with van der Waals surface area (Å²) in [6, 6.07) is 0.272. The van der Waals surface area contributed by atoms with E-state index in [0.717, 1.165) is 56.9 Å². The molecule has 0 aromatic rings. The molecule has 0 aliphatic heterocycles. The van der Waals surface area contributed by atoms with E-state index in [1.54, 1.807) is 13.8 Å². The van der Waals surface area contributed by atoms with Crippen LogP contribution in [-0.2, 0) is 19.1 Å². The van der Waals surface area contributed by atoms with Gasteiger partial charge in [0, 0.05) is 29.8 Å². The number of carbonyl (C=O) groups is 3. The van der Waals surface area contributed by atoms with Crippen LogP contribution in [0.4, 0.5) is 0 Å². The number of rotatable bonds is 9. The van der Waals surface area contributed by atoms with Gasteiger partial charge in [-0.05, 0) is 111 Å². The fourth-order valence-electron chi connectivity index (χ4n) is 12.5. The number of Topliss-reactive ketones (excluding diaryl/α,β-unsaturated/α-hetero) is 1. The third-order valence-electron chi connectivity index (χ3n) is 15.2. The largest absolute Gasteiger partial charge is 0.481 e. The molecule has 266 valence electrons. The van der Waals surface area contributed by atoms with E-state index in [1.807, 2.05) is 0 Å². The van der Waals surface area contributed by atoms with Crippen LogP contribution >= 0.6 is 0 Å². The molecule has 0 saturated heterocycles. The second-order valence-electron chi connectivity index (χ2n) is 19.1. The molecule has 0 amide bonds. The molecule has 7 nitrogen and oxygen atoms in total. The summed E-state index contributed by atoms with van der Waals surface area (Å²) in [7, 11) is 0. The van der Waals surface area contributed by atoms with Gasteiger partial charge in [-0.3, -0.25) is 14.4 Å². The first kappa shape index (κ1) is 36.5. The number of nitrogens with one attached hydrogen (secondary N) is 1. The maximum absolute atomic E-state index is 13.8. The van der Waals surface area contributed by atoms with E-state index in [1.165, 1.54) is 5.57 Å². The van der Waals surface area contributed by atoms with Gasteiger partial charge in [-0.25, -0.2) is 0 Å². The Hall–Kier alpha value is -1.73. The fourth-order valence-corrected chi connectivity index (χ4v) is 12.5. The minimum atomic E-state index is -1.15. The molecule has 0 bridgehead atoms. The predicted octanol–water partition coefficient (Wildman–Crippen LogP) is 7.74. The lowest BCUT2D eigenvalue weighted by atomic mass is 9.33. The number of allylic oxidation sites excluding steroid dienone is 1. The van der Waals surface area contributed by atoms with Crippen LogP contribution in [0, 0.1) is 56.2 Å². The first-order valence-electron chi connectivity index (χ1n) is 18.7. The average Bonchev–Trinajstić information content (AvgIpc) is 3.26. The van der Waals surface area contributed by atoms with Crippen molar-refractivity contribution in [2.45, 2.75) is 159 Å². The van der Waals surface area contributed by atoms with Crippen molar-refractivity contribution in [2.75, 3.05) is 6.54 Å². The molecule has 0 heterocycles. The van der Waals surface area contributed by atoms with Crippen LogP contribution in [0.15, 0.2) is 11.1 Å². The molecule has 3 N–H and O–H groups in total. The summed E-state index contributed by atoms with van der Waals surface area (Å²) in [6.07, 6.45) is 7.50. The topological polar surface area (TPSA) is 113 Å². The number of aliphatic carboxylic acids is 1. The quantitative estimate of drug-likeness (QED) is 0.218. The molecule has 2 unspecified atom stereocenters. The van der Waals surface area contributed by atoms with Gasteiger partial charge < -0.3 is 20.3 Å². The van der Waals surface area contributed by atoms with Gasteiger partial charge in [0.25, 0.3) is 0 Å². The zero-order valence-electron chi connectivity index (χ0n) is 31.3. The highest BCUT2D eigenvalue weighted by atomic mass is 16.5. The summed E-state index contributed by atoms with van der Waals surface area (Å²) in [5, 5.41) is 24.9. The number of ketones is 1. The number of ether oxygens (including phenoxy) is 1. The van der Waals surface area contributed by atoms with E-state index >= 15 is 0 Å². The van der Waals surface area contributed by atoms with Gasteiger partial charge >= 0.3 is 11.9 Å². The van der Waals surface area contributed by atoms with Gasteiger partial charge in [-0.1, -0.05) is 67.9 Å². The van der Waals surface area contributed by atoms with Crippen LogP contribution in [0.5, 0.6) is 0 Å². The molecule has 47 heavy (non-hydrogen) atoms.